The molecule has 3 rings (SSSR count). The Morgan fingerprint density at radius 2 is 1.28 bits per heavy atom. The highest BCUT2D eigenvalue weighted by molar-refractivity contribution is 7.73. The average Bonchev–Trinajstić information content (AvgIpc) is 2.71. The van der Waals surface area contributed by atoms with Crippen LogP contribution in [0.2, 0.25) is 0 Å². The summed E-state index contributed by atoms with van der Waals surface area (Å²) in [6.07, 6.45) is 14.4. The summed E-state index contributed by atoms with van der Waals surface area (Å²) in [6.45, 7) is 4.76. The Labute approximate surface area is 154 Å². The predicted octanol–water partition coefficient (Wildman–Crippen LogP) is 6.06. The first-order valence-corrected chi connectivity index (χ1v) is 11.0. The fraction of sp³-hybridized carbons (Fsp3) is 0.333. The van der Waals surface area contributed by atoms with Gasteiger partial charge in [-0.1, -0.05) is 98.8 Å². The van der Waals surface area contributed by atoms with Crippen LogP contribution >= 0.6 is 7.92 Å². The van der Waals surface area contributed by atoms with Gasteiger partial charge in [0.25, 0.3) is 0 Å². The fourth-order valence-electron chi connectivity index (χ4n) is 3.91. The van der Waals surface area contributed by atoms with Gasteiger partial charge in [0.2, 0.25) is 0 Å². The van der Waals surface area contributed by atoms with Crippen molar-refractivity contribution in [3.8, 4) is 0 Å². The van der Waals surface area contributed by atoms with Gasteiger partial charge in [-0.25, -0.2) is 0 Å². The monoisotopic (exact) mass is 348 g/mol. The fourth-order valence-corrected chi connectivity index (χ4v) is 6.93. The molecule has 0 heterocycles. The van der Waals surface area contributed by atoms with Crippen molar-refractivity contribution in [2.45, 2.75) is 33.1 Å². The van der Waals surface area contributed by atoms with E-state index in [0.29, 0.717) is 11.3 Å². The van der Waals surface area contributed by atoms with Gasteiger partial charge >= 0.3 is 0 Å². The predicted molar refractivity (Wildman–Crippen MR) is 113 cm³/mol. The Balaban J connectivity index is 1.99. The van der Waals surface area contributed by atoms with Crippen LogP contribution in [0, 0.1) is 11.3 Å². The Morgan fingerprint density at radius 1 is 0.800 bits per heavy atom. The van der Waals surface area contributed by atoms with Crippen LogP contribution in [0.15, 0.2) is 85.0 Å². The lowest BCUT2D eigenvalue weighted by molar-refractivity contribution is 0.249. The molecule has 0 bridgehead atoms. The lowest BCUT2D eigenvalue weighted by atomic mass is 9.71. The van der Waals surface area contributed by atoms with Crippen molar-refractivity contribution in [1.29, 1.82) is 0 Å². The third-order valence-electron chi connectivity index (χ3n) is 5.68. The first-order chi connectivity index (χ1) is 12.3. The molecule has 0 unspecified atom stereocenters. The van der Waals surface area contributed by atoms with Gasteiger partial charge < -0.3 is 0 Å². The molecule has 0 aromatic heterocycles. The van der Waals surface area contributed by atoms with Gasteiger partial charge in [0.1, 0.15) is 0 Å². The third-order valence-corrected chi connectivity index (χ3v) is 8.47. The molecule has 0 saturated heterocycles. The number of rotatable bonds is 7. The molecule has 1 aliphatic rings. The minimum atomic E-state index is -0.343. The second kappa shape index (κ2) is 8.63. The summed E-state index contributed by atoms with van der Waals surface area (Å²) in [7, 11) is -0.343. The molecule has 2 aromatic carbocycles. The number of benzene rings is 2. The molecular formula is C24H29P. The minimum absolute atomic E-state index is 0.338. The molecule has 0 aliphatic heterocycles. The van der Waals surface area contributed by atoms with Gasteiger partial charge in [-0.05, 0) is 49.4 Å². The second-order valence-corrected chi connectivity index (χ2v) is 9.15. The minimum Gasteiger partial charge on any atom is -0.0841 e. The first kappa shape index (κ1) is 18.2. The number of hydrogen-bond acceptors (Lipinski definition) is 0. The summed E-state index contributed by atoms with van der Waals surface area (Å²) in [5.74, 6) is 0.564. The van der Waals surface area contributed by atoms with Crippen LogP contribution in [0.1, 0.15) is 33.1 Å². The van der Waals surface area contributed by atoms with E-state index < -0.39 is 0 Å². The molecule has 0 N–H and O–H groups in total. The lowest BCUT2D eigenvalue weighted by Gasteiger charge is -2.41. The first-order valence-electron chi connectivity index (χ1n) is 9.50. The maximum atomic E-state index is 2.45. The van der Waals surface area contributed by atoms with Crippen molar-refractivity contribution in [3.05, 3.63) is 85.0 Å². The van der Waals surface area contributed by atoms with E-state index in [0.717, 1.165) is 6.42 Å². The van der Waals surface area contributed by atoms with Crippen LogP contribution in [0.5, 0.6) is 0 Å². The number of hydrogen-bond donors (Lipinski definition) is 0. The molecule has 25 heavy (non-hydrogen) atoms. The molecule has 0 radical (unpaired) electrons. The average molecular weight is 348 g/mol. The van der Waals surface area contributed by atoms with Crippen molar-refractivity contribution in [1.82, 2.24) is 0 Å². The van der Waals surface area contributed by atoms with Gasteiger partial charge in [-0.2, -0.15) is 0 Å². The highest BCUT2D eigenvalue weighted by Gasteiger charge is 2.36. The summed E-state index contributed by atoms with van der Waals surface area (Å²) < 4.78 is 0. The summed E-state index contributed by atoms with van der Waals surface area (Å²) in [6, 6.07) is 22.3. The maximum absolute atomic E-state index is 2.45. The van der Waals surface area contributed by atoms with Gasteiger partial charge in [0, 0.05) is 5.92 Å². The summed E-state index contributed by atoms with van der Waals surface area (Å²) in [4.78, 5) is 0. The van der Waals surface area contributed by atoms with E-state index in [1.807, 2.05) is 0 Å². The van der Waals surface area contributed by atoms with Crippen LogP contribution in [-0.4, -0.2) is 6.16 Å². The van der Waals surface area contributed by atoms with E-state index in [2.05, 4.69) is 98.8 Å². The van der Waals surface area contributed by atoms with E-state index in [1.54, 1.807) is 0 Å². The summed E-state index contributed by atoms with van der Waals surface area (Å²) in [5, 5.41) is 3.00. The molecule has 1 aliphatic carbocycles. The largest absolute Gasteiger partial charge is 0.0841 e. The van der Waals surface area contributed by atoms with Crippen molar-refractivity contribution in [3.63, 3.8) is 0 Å². The van der Waals surface area contributed by atoms with Gasteiger partial charge in [0.15, 0.2) is 0 Å². The van der Waals surface area contributed by atoms with E-state index in [-0.39, 0.29) is 7.92 Å². The van der Waals surface area contributed by atoms with Crippen LogP contribution in [-0.2, 0) is 0 Å². The highest BCUT2D eigenvalue weighted by Crippen LogP contribution is 2.49. The molecule has 0 atom stereocenters. The maximum Gasteiger partial charge on any atom is 0.000663 e. The van der Waals surface area contributed by atoms with Crippen LogP contribution in [0.3, 0.4) is 0 Å². The Kier molecular flexibility index (Phi) is 6.27. The smallest absolute Gasteiger partial charge is 0.000663 e. The molecule has 1 heteroatoms. The highest BCUT2D eigenvalue weighted by atomic mass is 31.1. The number of allylic oxidation sites excluding steroid dienone is 4. The zero-order valence-electron chi connectivity index (χ0n) is 15.4. The van der Waals surface area contributed by atoms with Crippen LogP contribution in [0.4, 0.5) is 0 Å². The summed E-state index contributed by atoms with van der Waals surface area (Å²) in [5.41, 5.74) is 0.338. The van der Waals surface area contributed by atoms with Gasteiger partial charge in [-0.3, -0.25) is 0 Å². The van der Waals surface area contributed by atoms with E-state index in [4.69, 9.17) is 0 Å². The molecule has 0 nitrogen and oxygen atoms in total. The Morgan fingerprint density at radius 3 is 1.72 bits per heavy atom. The zero-order chi connectivity index (χ0) is 17.5. The van der Waals surface area contributed by atoms with Crippen molar-refractivity contribution in [2.75, 3.05) is 6.16 Å². The third kappa shape index (κ3) is 4.13. The second-order valence-electron chi connectivity index (χ2n) is 6.94. The molecule has 2 aromatic rings. The molecule has 0 fully saturated rings. The van der Waals surface area contributed by atoms with Crippen LogP contribution < -0.4 is 10.6 Å². The molecule has 0 amide bonds. The SMILES string of the molecule is CCC(CC)(CP(c1ccccc1)c1ccccc1)C1C=CCC=C1. The van der Waals surface area contributed by atoms with Crippen molar-refractivity contribution in [2.24, 2.45) is 11.3 Å². The molecular weight excluding hydrogens is 319 g/mol. The van der Waals surface area contributed by atoms with E-state index in [9.17, 15) is 0 Å². The lowest BCUT2D eigenvalue weighted by Crippen LogP contribution is -2.34. The van der Waals surface area contributed by atoms with Crippen molar-refractivity contribution < 1.29 is 0 Å². The zero-order valence-corrected chi connectivity index (χ0v) is 16.3. The van der Waals surface area contributed by atoms with Gasteiger partial charge in [0.05, 0.1) is 0 Å². The molecule has 0 saturated carbocycles. The summed E-state index contributed by atoms with van der Waals surface area (Å²) >= 11 is 0. The Bertz CT molecular complexity index is 644. The van der Waals surface area contributed by atoms with E-state index >= 15 is 0 Å². The van der Waals surface area contributed by atoms with Gasteiger partial charge in [-0.15, -0.1) is 0 Å². The molecule has 0 spiro atoms. The van der Waals surface area contributed by atoms with E-state index in [1.165, 1.54) is 29.6 Å². The Hall–Kier alpha value is -1.65. The normalized spacial score (nSPS) is 15.0. The standard InChI is InChI=1S/C24H29P/c1-3-24(4-2,21-14-8-5-9-15-21)20-25(22-16-10-6-11-17-22)23-18-12-7-13-19-23/h6-19,21H,3-5,20H2,1-2H3. The molecule has 130 valence electrons. The quantitative estimate of drug-likeness (QED) is 0.421. The van der Waals surface area contributed by atoms with Crippen LogP contribution in [0.25, 0.3) is 0 Å². The topological polar surface area (TPSA) is 0 Å². The van der Waals surface area contributed by atoms with Crippen molar-refractivity contribution >= 4 is 18.5 Å².